The Morgan fingerprint density at radius 3 is 2.32 bits per heavy atom. The monoisotopic (exact) mass is 319 g/mol. The maximum Gasteiger partial charge on any atom is 0.171 e. The van der Waals surface area contributed by atoms with E-state index in [0.717, 1.165) is 12.2 Å². The fourth-order valence-electron chi connectivity index (χ4n) is 2.92. The van der Waals surface area contributed by atoms with E-state index in [1.807, 2.05) is 0 Å². The fourth-order valence-corrected chi connectivity index (χ4v) is 3.24. The van der Waals surface area contributed by atoms with Gasteiger partial charge >= 0.3 is 0 Å². The molecule has 0 radical (unpaired) electrons. The van der Waals surface area contributed by atoms with E-state index in [9.17, 15) is 0 Å². The lowest BCUT2D eigenvalue weighted by Crippen LogP contribution is -2.44. The average Bonchev–Trinajstić information content (AvgIpc) is 2.48. The molecule has 1 aliphatic heterocycles. The smallest absolute Gasteiger partial charge is 0.171 e. The van der Waals surface area contributed by atoms with Crippen molar-refractivity contribution in [3.05, 3.63) is 29.8 Å². The Kier molecular flexibility index (Phi) is 6.65. The highest BCUT2D eigenvalue weighted by molar-refractivity contribution is 7.80. The van der Waals surface area contributed by atoms with Crippen molar-refractivity contribution in [1.82, 2.24) is 10.2 Å². The Labute approximate surface area is 140 Å². The third-order valence-corrected chi connectivity index (χ3v) is 4.41. The van der Waals surface area contributed by atoms with Crippen molar-refractivity contribution in [2.45, 2.75) is 52.0 Å². The highest BCUT2D eigenvalue weighted by Crippen LogP contribution is 2.17. The molecule has 0 spiro atoms. The van der Waals surface area contributed by atoms with Gasteiger partial charge in [-0.3, -0.25) is 0 Å². The molecular formula is C18H29N3S. The molecule has 0 aliphatic carbocycles. The molecule has 1 aliphatic rings. The van der Waals surface area contributed by atoms with Crippen LogP contribution in [-0.4, -0.2) is 35.7 Å². The zero-order valence-electron chi connectivity index (χ0n) is 14.1. The molecule has 1 aromatic carbocycles. The molecule has 4 heteroatoms. The number of hydrogen-bond acceptors (Lipinski definition) is 2. The first kappa shape index (κ1) is 17.2. The third kappa shape index (κ3) is 5.58. The first-order valence-corrected chi connectivity index (χ1v) is 8.85. The van der Waals surface area contributed by atoms with Crippen molar-refractivity contribution in [3.8, 4) is 0 Å². The van der Waals surface area contributed by atoms with Crippen LogP contribution in [0.1, 0.15) is 51.5 Å². The second kappa shape index (κ2) is 8.49. The highest BCUT2D eigenvalue weighted by Gasteiger charge is 2.13. The van der Waals surface area contributed by atoms with Gasteiger partial charge in [0.1, 0.15) is 0 Å². The van der Waals surface area contributed by atoms with Crippen LogP contribution in [0.3, 0.4) is 0 Å². The molecule has 1 aromatic rings. The fraction of sp³-hybridized carbons (Fsp3) is 0.611. The van der Waals surface area contributed by atoms with Crippen LogP contribution in [0.4, 0.5) is 5.69 Å². The Balaban J connectivity index is 1.76. The van der Waals surface area contributed by atoms with Gasteiger partial charge in [0.25, 0.3) is 0 Å². The van der Waals surface area contributed by atoms with Crippen LogP contribution in [-0.2, 0) is 0 Å². The summed E-state index contributed by atoms with van der Waals surface area (Å²) in [5.41, 5.74) is 2.40. The first-order valence-electron chi connectivity index (χ1n) is 8.44. The van der Waals surface area contributed by atoms with Gasteiger partial charge in [0.05, 0.1) is 0 Å². The van der Waals surface area contributed by atoms with E-state index < -0.39 is 0 Å². The maximum atomic E-state index is 5.42. The summed E-state index contributed by atoms with van der Waals surface area (Å²) in [6.07, 6.45) is 4.04. The van der Waals surface area contributed by atoms with Crippen LogP contribution in [0.5, 0.6) is 0 Å². The lowest BCUT2D eigenvalue weighted by atomic mass is 10.0. The molecule has 2 N–H and O–H groups in total. The average molecular weight is 320 g/mol. The molecule has 1 heterocycles. The van der Waals surface area contributed by atoms with E-state index in [4.69, 9.17) is 12.2 Å². The minimum atomic E-state index is 0.369. The molecule has 0 bridgehead atoms. The molecular weight excluding hydrogens is 290 g/mol. The minimum Gasteiger partial charge on any atom is -0.359 e. The van der Waals surface area contributed by atoms with E-state index >= 15 is 0 Å². The Bertz CT molecular complexity index is 464. The van der Waals surface area contributed by atoms with Crippen molar-refractivity contribution in [3.63, 3.8) is 0 Å². The van der Waals surface area contributed by atoms with Gasteiger partial charge in [-0.05, 0) is 68.7 Å². The summed E-state index contributed by atoms with van der Waals surface area (Å²) in [4.78, 5) is 2.53. The van der Waals surface area contributed by atoms with Crippen molar-refractivity contribution in [2.75, 3.05) is 25.0 Å². The number of likely N-dealkylation sites (tertiary alicyclic amines) is 1. The molecule has 1 saturated heterocycles. The van der Waals surface area contributed by atoms with Crippen LogP contribution in [0, 0.1) is 0 Å². The number of hydrogen-bond donors (Lipinski definition) is 2. The zero-order valence-corrected chi connectivity index (χ0v) is 14.9. The molecule has 0 saturated carbocycles. The van der Waals surface area contributed by atoms with E-state index in [1.165, 1.54) is 37.9 Å². The van der Waals surface area contributed by atoms with Gasteiger partial charge in [-0.2, -0.15) is 0 Å². The largest absolute Gasteiger partial charge is 0.359 e. The molecule has 0 unspecified atom stereocenters. The summed E-state index contributed by atoms with van der Waals surface area (Å²) in [7, 11) is 0. The normalized spacial score (nSPS) is 17.3. The van der Waals surface area contributed by atoms with E-state index in [0.29, 0.717) is 17.1 Å². The second-order valence-electron chi connectivity index (χ2n) is 6.64. The lowest BCUT2D eigenvalue weighted by Gasteiger charge is -2.29. The van der Waals surface area contributed by atoms with Crippen LogP contribution in [0.25, 0.3) is 0 Å². The van der Waals surface area contributed by atoms with E-state index in [-0.39, 0.29) is 0 Å². The summed E-state index contributed by atoms with van der Waals surface area (Å²) in [6, 6.07) is 8.88. The van der Waals surface area contributed by atoms with Crippen LogP contribution in [0.2, 0.25) is 0 Å². The van der Waals surface area contributed by atoms with Crippen molar-refractivity contribution in [1.29, 1.82) is 0 Å². The third-order valence-electron chi connectivity index (χ3n) is 4.19. The molecule has 1 atom stereocenters. The summed E-state index contributed by atoms with van der Waals surface area (Å²) in [5.74, 6) is 0.559. The molecule has 2 rings (SSSR count). The van der Waals surface area contributed by atoms with Gasteiger partial charge in [0.15, 0.2) is 5.11 Å². The van der Waals surface area contributed by atoms with E-state index in [1.54, 1.807) is 0 Å². The molecule has 22 heavy (non-hydrogen) atoms. The predicted molar refractivity (Wildman–Crippen MR) is 99.6 cm³/mol. The van der Waals surface area contributed by atoms with Gasteiger partial charge in [0.2, 0.25) is 0 Å². The van der Waals surface area contributed by atoms with Gasteiger partial charge in [0, 0.05) is 18.3 Å². The number of nitrogens with zero attached hydrogens (tertiary/aromatic N) is 1. The quantitative estimate of drug-likeness (QED) is 0.803. The Hall–Kier alpha value is -1.13. The van der Waals surface area contributed by atoms with Gasteiger partial charge in [-0.25, -0.2) is 0 Å². The van der Waals surface area contributed by atoms with Crippen molar-refractivity contribution >= 4 is 23.0 Å². The Morgan fingerprint density at radius 1 is 1.09 bits per heavy atom. The van der Waals surface area contributed by atoms with Crippen LogP contribution < -0.4 is 10.6 Å². The first-order chi connectivity index (χ1) is 10.5. The second-order valence-corrected chi connectivity index (χ2v) is 7.05. The Morgan fingerprint density at radius 2 is 1.73 bits per heavy atom. The number of anilines is 1. The number of rotatable bonds is 5. The molecule has 0 aromatic heterocycles. The predicted octanol–water partition coefficient (Wildman–Crippen LogP) is 3.97. The molecule has 3 nitrogen and oxygen atoms in total. The summed E-state index contributed by atoms with van der Waals surface area (Å²) >= 11 is 5.42. The van der Waals surface area contributed by atoms with Gasteiger partial charge in [-0.15, -0.1) is 0 Å². The number of nitrogens with one attached hydrogen (secondary N) is 2. The van der Waals surface area contributed by atoms with E-state index in [2.05, 4.69) is 60.6 Å². The van der Waals surface area contributed by atoms with Gasteiger partial charge < -0.3 is 15.5 Å². The topological polar surface area (TPSA) is 27.3 Å². The van der Waals surface area contributed by atoms with Crippen LogP contribution in [0.15, 0.2) is 24.3 Å². The van der Waals surface area contributed by atoms with Crippen LogP contribution >= 0.6 is 12.2 Å². The van der Waals surface area contributed by atoms with Crippen molar-refractivity contribution < 1.29 is 0 Å². The molecule has 0 amide bonds. The SMILES string of the molecule is CC(C)c1ccc(NC(=S)N[C@@H](C)CN2CCCCC2)cc1. The standard InChI is InChI=1S/C18H29N3S/c1-14(2)16-7-9-17(10-8-16)20-18(22)19-15(3)13-21-11-5-4-6-12-21/h7-10,14-15H,4-6,11-13H2,1-3H3,(H2,19,20,22)/t15-/m0/s1. The van der Waals surface area contributed by atoms with Crippen molar-refractivity contribution in [2.24, 2.45) is 0 Å². The number of benzene rings is 1. The minimum absolute atomic E-state index is 0.369. The lowest BCUT2D eigenvalue weighted by molar-refractivity contribution is 0.215. The summed E-state index contributed by atoms with van der Waals surface area (Å²) in [6.45, 7) is 10.1. The zero-order chi connectivity index (χ0) is 15.9. The molecule has 1 fully saturated rings. The van der Waals surface area contributed by atoms with Gasteiger partial charge in [-0.1, -0.05) is 32.4 Å². The molecule has 122 valence electrons. The summed E-state index contributed by atoms with van der Waals surface area (Å²) in [5, 5.41) is 7.38. The number of thiocarbonyl (C=S) groups is 1. The maximum absolute atomic E-state index is 5.42. The number of piperidine rings is 1. The summed E-state index contributed by atoms with van der Waals surface area (Å²) < 4.78 is 0. The highest BCUT2D eigenvalue weighted by atomic mass is 32.1.